The zero-order valence-electron chi connectivity index (χ0n) is 6.54. The molecule has 0 amide bonds. The van der Waals surface area contributed by atoms with Gasteiger partial charge >= 0.3 is 11.9 Å². The first-order valence-corrected chi connectivity index (χ1v) is 3.61. The normalized spacial score (nSPS) is 33.1. The van der Waals surface area contributed by atoms with Crippen LogP contribution in [0, 0.1) is 29.1 Å². The third kappa shape index (κ3) is 1.46. The van der Waals surface area contributed by atoms with Gasteiger partial charge in [-0.1, -0.05) is 0 Å². The highest BCUT2D eigenvalue weighted by atomic mass is 16.4. The van der Waals surface area contributed by atoms with Crippen molar-refractivity contribution in [3.05, 3.63) is 0 Å². The molecule has 1 aliphatic carbocycles. The maximum atomic E-state index is 10.5. The molecule has 6 nitrogen and oxygen atoms in total. The molecule has 13 heavy (non-hydrogen) atoms. The van der Waals surface area contributed by atoms with Gasteiger partial charge < -0.3 is 15.9 Å². The molecule has 4 atom stereocenters. The van der Waals surface area contributed by atoms with E-state index < -0.39 is 35.7 Å². The molecular weight excluding hydrogens is 176 g/mol. The second-order valence-corrected chi connectivity index (χ2v) is 2.96. The van der Waals surface area contributed by atoms with E-state index in [2.05, 4.69) is 0 Å². The van der Waals surface area contributed by atoms with Gasteiger partial charge in [0.05, 0.1) is 17.9 Å². The molecule has 70 valence electrons. The van der Waals surface area contributed by atoms with Crippen LogP contribution >= 0.6 is 0 Å². The molecule has 0 heterocycles. The molecule has 4 N–H and O–H groups in total. The van der Waals surface area contributed by atoms with Gasteiger partial charge in [0, 0.05) is 5.92 Å². The predicted octanol–water partition coefficient (Wildman–Crippen LogP) is -1.13. The molecule has 0 spiro atoms. The zero-order valence-corrected chi connectivity index (χ0v) is 6.54. The molecule has 0 aromatic rings. The lowest BCUT2D eigenvalue weighted by Crippen LogP contribution is -2.34. The zero-order chi connectivity index (χ0) is 10.2. The number of carboxylic acid groups (broad SMARTS) is 2. The predicted molar refractivity (Wildman–Crippen MR) is 39.3 cm³/mol. The first-order chi connectivity index (χ1) is 6.00. The van der Waals surface area contributed by atoms with Gasteiger partial charge in [-0.2, -0.15) is 5.26 Å². The quantitative estimate of drug-likeness (QED) is 0.509. The smallest absolute Gasteiger partial charge is 0.320 e. The molecule has 0 aromatic carbocycles. The number of rotatable bonds is 3. The topological polar surface area (TPSA) is 124 Å². The largest absolute Gasteiger partial charge is 0.481 e. The van der Waals surface area contributed by atoms with E-state index in [9.17, 15) is 9.59 Å². The number of aliphatic carboxylic acids is 2. The summed E-state index contributed by atoms with van der Waals surface area (Å²) < 4.78 is 0. The lowest BCUT2D eigenvalue weighted by atomic mass is 10.1. The van der Waals surface area contributed by atoms with Gasteiger partial charge in [-0.3, -0.25) is 9.59 Å². The van der Waals surface area contributed by atoms with Crippen molar-refractivity contribution in [1.82, 2.24) is 0 Å². The fraction of sp³-hybridized carbons (Fsp3) is 0.571. The van der Waals surface area contributed by atoms with Gasteiger partial charge in [0.25, 0.3) is 0 Å². The van der Waals surface area contributed by atoms with Crippen LogP contribution in [0.1, 0.15) is 0 Å². The summed E-state index contributed by atoms with van der Waals surface area (Å²) in [7, 11) is 0. The Balaban J connectivity index is 2.70. The molecule has 1 aliphatic rings. The van der Waals surface area contributed by atoms with Crippen LogP contribution in [0.15, 0.2) is 0 Å². The average molecular weight is 184 g/mol. The van der Waals surface area contributed by atoms with E-state index in [0.29, 0.717) is 0 Å². The van der Waals surface area contributed by atoms with E-state index in [-0.39, 0.29) is 0 Å². The number of carboxylic acids is 2. The van der Waals surface area contributed by atoms with Crippen LogP contribution < -0.4 is 5.73 Å². The van der Waals surface area contributed by atoms with E-state index in [4.69, 9.17) is 21.2 Å². The summed E-state index contributed by atoms with van der Waals surface area (Å²) in [6, 6.07) is 0.473. The first-order valence-electron chi connectivity index (χ1n) is 3.61. The maximum absolute atomic E-state index is 10.5. The second kappa shape index (κ2) is 3.03. The van der Waals surface area contributed by atoms with Crippen LogP contribution in [-0.4, -0.2) is 28.2 Å². The Kier molecular flexibility index (Phi) is 2.21. The van der Waals surface area contributed by atoms with Crippen LogP contribution in [0.5, 0.6) is 0 Å². The summed E-state index contributed by atoms with van der Waals surface area (Å²) in [6.07, 6.45) is 0. The second-order valence-electron chi connectivity index (χ2n) is 2.96. The van der Waals surface area contributed by atoms with E-state index in [0.717, 1.165) is 0 Å². The Morgan fingerprint density at radius 1 is 1.46 bits per heavy atom. The minimum atomic E-state index is -1.27. The van der Waals surface area contributed by atoms with E-state index in [1.165, 1.54) is 0 Å². The molecular formula is C7H8N2O4. The molecule has 1 saturated carbocycles. The maximum Gasteiger partial charge on any atom is 0.320 e. The van der Waals surface area contributed by atoms with Crippen molar-refractivity contribution in [2.45, 2.75) is 6.04 Å². The Morgan fingerprint density at radius 2 is 2.00 bits per heavy atom. The molecule has 0 aliphatic heterocycles. The van der Waals surface area contributed by atoms with Gasteiger partial charge in [0.1, 0.15) is 6.04 Å². The number of nitrogens with zero attached hydrogens (tertiary/aromatic N) is 1. The van der Waals surface area contributed by atoms with Crippen LogP contribution in [0.4, 0.5) is 0 Å². The molecule has 4 unspecified atom stereocenters. The minimum absolute atomic E-state index is 0.750. The van der Waals surface area contributed by atoms with Crippen molar-refractivity contribution < 1.29 is 19.8 Å². The SMILES string of the molecule is N#CC1C(C(=O)O)C1C(N)C(=O)O. The highest BCUT2D eigenvalue weighted by molar-refractivity contribution is 5.80. The molecule has 0 bridgehead atoms. The fourth-order valence-corrected chi connectivity index (χ4v) is 1.43. The highest BCUT2D eigenvalue weighted by Gasteiger charge is 2.60. The summed E-state index contributed by atoms with van der Waals surface area (Å²) in [6.45, 7) is 0. The van der Waals surface area contributed by atoms with Crippen LogP contribution in [0.2, 0.25) is 0 Å². The standard InChI is InChI=1S/C7H8N2O4/c8-1-2-3(4(2)6(10)11)5(9)7(12)13/h2-5H,9H2,(H,10,11)(H,12,13). The van der Waals surface area contributed by atoms with Crippen molar-refractivity contribution in [3.63, 3.8) is 0 Å². The van der Waals surface area contributed by atoms with Gasteiger partial charge in [0.2, 0.25) is 0 Å². The number of nitriles is 1. The average Bonchev–Trinajstić information content (AvgIpc) is 2.76. The van der Waals surface area contributed by atoms with Crippen molar-refractivity contribution >= 4 is 11.9 Å². The highest BCUT2D eigenvalue weighted by Crippen LogP contribution is 2.47. The number of carbonyl (C=O) groups is 2. The molecule has 0 aromatic heterocycles. The minimum Gasteiger partial charge on any atom is -0.481 e. The number of hydrogen-bond donors (Lipinski definition) is 3. The van der Waals surface area contributed by atoms with Gasteiger partial charge in [-0.15, -0.1) is 0 Å². The Morgan fingerprint density at radius 3 is 2.23 bits per heavy atom. The first kappa shape index (κ1) is 9.48. The number of hydrogen-bond acceptors (Lipinski definition) is 4. The Labute approximate surface area is 73.6 Å². The Hall–Kier alpha value is -1.61. The van der Waals surface area contributed by atoms with Crippen molar-refractivity contribution in [2.75, 3.05) is 0 Å². The van der Waals surface area contributed by atoms with E-state index in [1.54, 1.807) is 6.07 Å². The van der Waals surface area contributed by atoms with Gasteiger partial charge in [-0.25, -0.2) is 0 Å². The third-order valence-electron chi connectivity index (χ3n) is 2.21. The Bertz CT molecular complexity index is 295. The summed E-state index contributed by atoms with van der Waals surface area (Å²) >= 11 is 0. The summed E-state index contributed by atoms with van der Waals surface area (Å²) in [4.78, 5) is 20.9. The summed E-state index contributed by atoms with van der Waals surface area (Å²) in [5.74, 6) is -4.86. The van der Waals surface area contributed by atoms with Crippen molar-refractivity contribution in [3.8, 4) is 6.07 Å². The lowest BCUT2D eigenvalue weighted by Gasteiger charge is -2.02. The lowest BCUT2D eigenvalue weighted by molar-refractivity contribution is -0.140. The molecule has 0 saturated heterocycles. The molecule has 6 heteroatoms. The van der Waals surface area contributed by atoms with Crippen molar-refractivity contribution in [2.24, 2.45) is 23.5 Å². The van der Waals surface area contributed by atoms with E-state index in [1.807, 2.05) is 0 Å². The summed E-state index contributed by atoms with van der Waals surface area (Å²) in [5, 5.41) is 25.5. The monoisotopic (exact) mass is 184 g/mol. The van der Waals surface area contributed by atoms with Gasteiger partial charge in [-0.05, 0) is 0 Å². The summed E-state index contributed by atoms with van der Waals surface area (Å²) in [5.41, 5.74) is 5.20. The molecule has 1 fully saturated rings. The molecule has 1 rings (SSSR count). The third-order valence-corrected chi connectivity index (χ3v) is 2.21. The fourth-order valence-electron chi connectivity index (χ4n) is 1.43. The van der Waals surface area contributed by atoms with Crippen molar-refractivity contribution in [1.29, 1.82) is 5.26 Å². The van der Waals surface area contributed by atoms with Crippen LogP contribution in [0.3, 0.4) is 0 Å². The van der Waals surface area contributed by atoms with Crippen LogP contribution in [-0.2, 0) is 9.59 Å². The van der Waals surface area contributed by atoms with Gasteiger partial charge in [0.15, 0.2) is 0 Å². The molecule has 0 radical (unpaired) electrons. The van der Waals surface area contributed by atoms with E-state index >= 15 is 0 Å². The van der Waals surface area contributed by atoms with Crippen LogP contribution in [0.25, 0.3) is 0 Å². The number of nitrogens with two attached hydrogens (primary N) is 1.